The summed E-state index contributed by atoms with van der Waals surface area (Å²) < 4.78 is 0. The number of hydrogen-bond donors (Lipinski definition) is 4. The van der Waals surface area contributed by atoms with Crippen molar-refractivity contribution in [3.8, 4) is 11.1 Å². The lowest BCUT2D eigenvalue weighted by Crippen LogP contribution is -2.20. The predicted molar refractivity (Wildman–Crippen MR) is 130 cm³/mol. The number of halogens is 2. The van der Waals surface area contributed by atoms with E-state index >= 15 is 0 Å². The van der Waals surface area contributed by atoms with E-state index in [1.807, 2.05) is 0 Å². The first-order valence-corrected chi connectivity index (χ1v) is 10.5. The van der Waals surface area contributed by atoms with E-state index < -0.39 is 11.8 Å². The minimum atomic E-state index is -0.588. The molecule has 0 saturated heterocycles. The zero-order valence-corrected chi connectivity index (χ0v) is 20.2. The molecule has 0 heterocycles. The maximum atomic E-state index is 11.7. The lowest BCUT2D eigenvalue weighted by Gasteiger charge is -2.07. The van der Waals surface area contributed by atoms with E-state index in [1.165, 1.54) is 27.9 Å². The normalized spacial score (nSPS) is 13.0. The molecule has 0 spiro atoms. The van der Waals surface area contributed by atoms with Crippen LogP contribution in [0.4, 0.5) is 11.4 Å². The van der Waals surface area contributed by atoms with Gasteiger partial charge in [-0.05, 0) is 49.2 Å². The van der Waals surface area contributed by atoms with E-state index in [0.29, 0.717) is 11.1 Å². The van der Waals surface area contributed by atoms with Gasteiger partial charge in [0.05, 0.1) is 10.0 Å². The molecule has 0 radical (unpaired) electrons. The van der Waals surface area contributed by atoms with Gasteiger partial charge in [0.15, 0.2) is 11.4 Å². The Morgan fingerprint density at radius 2 is 1.09 bits per heavy atom. The SMILES string of the molecule is CNC(=O)/C(N=Nc1ccc(-c2ccc(N=N/C(C(=O)NC)=C(\C)O)c(Cl)c2)cc1Cl)=C(/C)O. The number of likely N-dealkylation sites (N-methyl/N-ethyl adjacent to an activating group) is 2. The summed E-state index contributed by atoms with van der Waals surface area (Å²) in [6.45, 7) is 2.64. The van der Waals surface area contributed by atoms with Crippen molar-refractivity contribution in [3.63, 3.8) is 0 Å². The molecule has 12 heteroatoms. The molecule has 0 atom stereocenters. The van der Waals surface area contributed by atoms with E-state index in [9.17, 15) is 19.8 Å². The Hall–Kier alpha value is -3.76. The van der Waals surface area contributed by atoms with Gasteiger partial charge in [-0.2, -0.15) is 0 Å². The van der Waals surface area contributed by atoms with Crippen LogP contribution in [0.2, 0.25) is 10.0 Å². The number of carbonyl (C=O) groups excluding carboxylic acids is 2. The molecule has 178 valence electrons. The second-order valence-electron chi connectivity index (χ2n) is 6.76. The third kappa shape index (κ3) is 6.63. The molecule has 10 nitrogen and oxygen atoms in total. The van der Waals surface area contributed by atoms with Crippen LogP contribution in [-0.2, 0) is 9.59 Å². The van der Waals surface area contributed by atoms with Crippen LogP contribution >= 0.6 is 23.2 Å². The summed E-state index contributed by atoms with van der Waals surface area (Å²) in [5, 5.41) is 39.9. The van der Waals surface area contributed by atoms with Gasteiger partial charge >= 0.3 is 0 Å². The van der Waals surface area contributed by atoms with Crippen LogP contribution in [0.1, 0.15) is 13.8 Å². The van der Waals surface area contributed by atoms with Crippen LogP contribution in [0.15, 0.2) is 79.8 Å². The third-order valence-corrected chi connectivity index (χ3v) is 4.92. The largest absolute Gasteiger partial charge is 0.510 e. The fraction of sp³-hybridized carbons (Fsp3) is 0.182. The third-order valence-electron chi connectivity index (χ3n) is 4.31. The van der Waals surface area contributed by atoms with Crippen LogP contribution in [0.25, 0.3) is 11.1 Å². The Balaban J connectivity index is 2.31. The van der Waals surface area contributed by atoms with Crippen molar-refractivity contribution in [2.75, 3.05) is 14.1 Å². The lowest BCUT2D eigenvalue weighted by atomic mass is 10.1. The highest BCUT2D eigenvalue weighted by molar-refractivity contribution is 6.34. The van der Waals surface area contributed by atoms with Gasteiger partial charge in [-0.3, -0.25) is 9.59 Å². The second-order valence-corrected chi connectivity index (χ2v) is 7.57. The highest BCUT2D eigenvalue weighted by Crippen LogP contribution is 2.35. The molecule has 0 aliphatic rings. The van der Waals surface area contributed by atoms with Crippen LogP contribution in [0, 0.1) is 0 Å². The number of azo groups is 2. The maximum absolute atomic E-state index is 11.7. The van der Waals surface area contributed by atoms with Crippen LogP contribution in [0.3, 0.4) is 0 Å². The summed E-state index contributed by atoms with van der Waals surface area (Å²) in [4.78, 5) is 23.5. The molecule has 0 bridgehead atoms. The van der Waals surface area contributed by atoms with Gasteiger partial charge < -0.3 is 20.8 Å². The quantitative estimate of drug-likeness (QED) is 0.211. The van der Waals surface area contributed by atoms with Crippen molar-refractivity contribution in [3.05, 3.63) is 69.4 Å². The number of aliphatic hydroxyl groups is 2. The maximum Gasteiger partial charge on any atom is 0.275 e. The van der Waals surface area contributed by atoms with Gasteiger partial charge in [0.1, 0.15) is 22.9 Å². The molecule has 0 aromatic heterocycles. The molecule has 34 heavy (non-hydrogen) atoms. The van der Waals surface area contributed by atoms with Gasteiger partial charge in [-0.25, -0.2) is 0 Å². The number of rotatable bonds is 7. The summed E-state index contributed by atoms with van der Waals surface area (Å²) >= 11 is 12.6. The highest BCUT2D eigenvalue weighted by Gasteiger charge is 2.13. The molecule has 0 fully saturated rings. The van der Waals surface area contributed by atoms with Crippen molar-refractivity contribution in [2.24, 2.45) is 20.5 Å². The molecule has 0 aliphatic carbocycles. The average molecular weight is 505 g/mol. The van der Waals surface area contributed by atoms with Crippen molar-refractivity contribution in [2.45, 2.75) is 13.8 Å². The van der Waals surface area contributed by atoms with E-state index in [0.717, 1.165) is 0 Å². The van der Waals surface area contributed by atoms with Crippen LogP contribution in [0.5, 0.6) is 0 Å². The first kappa shape index (κ1) is 26.5. The number of nitrogens with zero attached hydrogens (tertiary/aromatic N) is 4. The standard InChI is InChI=1S/C22H22Cl2N6O4/c1-11(31)19(21(33)25-3)29-27-17-7-5-13(9-15(17)23)14-6-8-18(16(24)10-14)28-30-20(12(2)32)22(34)26-4/h5-10,31-32H,1-4H3,(H,25,33)(H,26,34)/b19-11+,20-12+,29-27?,30-28?. The number of allylic oxidation sites excluding steroid dienone is 2. The van der Waals surface area contributed by atoms with Gasteiger partial charge in [-0.15, -0.1) is 20.5 Å². The van der Waals surface area contributed by atoms with Crippen molar-refractivity contribution < 1.29 is 19.8 Å². The summed E-state index contributed by atoms with van der Waals surface area (Å²) in [7, 11) is 2.82. The van der Waals surface area contributed by atoms with Gasteiger partial charge in [0.2, 0.25) is 0 Å². The Morgan fingerprint density at radius 3 is 1.35 bits per heavy atom. The number of benzene rings is 2. The molecule has 0 aliphatic heterocycles. The highest BCUT2D eigenvalue weighted by atomic mass is 35.5. The van der Waals surface area contributed by atoms with Crippen LogP contribution in [-0.4, -0.2) is 36.1 Å². The van der Waals surface area contributed by atoms with E-state index in [2.05, 4.69) is 31.1 Å². The summed E-state index contributed by atoms with van der Waals surface area (Å²) in [6.07, 6.45) is 0. The first-order valence-electron chi connectivity index (χ1n) is 9.75. The van der Waals surface area contributed by atoms with Crippen molar-refractivity contribution in [1.82, 2.24) is 10.6 Å². The molecule has 2 amide bonds. The predicted octanol–water partition coefficient (Wildman–Crippen LogP) is 5.90. The van der Waals surface area contributed by atoms with Gasteiger partial charge in [0.25, 0.3) is 11.8 Å². The zero-order chi connectivity index (χ0) is 25.4. The summed E-state index contributed by atoms with van der Waals surface area (Å²) in [5.41, 5.74) is 1.55. The van der Waals surface area contributed by atoms with Gasteiger partial charge in [0, 0.05) is 14.1 Å². The number of aliphatic hydroxyl groups excluding tert-OH is 2. The zero-order valence-electron chi connectivity index (χ0n) is 18.7. The fourth-order valence-electron chi connectivity index (χ4n) is 2.54. The van der Waals surface area contributed by atoms with Crippen molar-refractivity contribution in [1.29, 1.82) is 0 Å². The van der Waals surface area contributed by atoms with E-state index in [4.69, 9.17) is 23.2 Å². The molecule has 2 aromatic carbocycles. The Kier molecular flexibility index (Phi) is 9.28. The average Bonchev–Trinajstić information content (AvgIpc) is 2.80. The topological polar surface area (TPSA) is 148 Å². The number of hydrogen-bond acceptors (Lipinski definition) is 8. The Labute approximate surface area is 205 Å². The minimum Gasteiger partial charge on any atom is -0.510 e. The molecule has 2 rings (SSSR count). The van der Waals surface area contributed by atoms with E-state index in [1.54, 1.807) is 36.4 Å². The minimum absolute atomic E-state index is 0.231. The summed E-state index contributed by atoms with van der Waals surface area (Å²) in [6, 6.07) is 9.93. The van der Waals surface area contributed by atoms with Crippen molar-refractivity contribution >= 4 is 46.4 Å². The second kappa shape index (κ2) is 11.9. The Morgan fingerprint density at radius 1 is 0.735 bits per heavy atom. The van der Waals surface area contributed by atoms with E-state index in [-0.39, 0.29) is 44.3 Å². The lowest BCUT2D eigenvalue weighted by molar-refractivity contribution is -0.118. The number of nitrogens with one attached hydrogen (secondary N) is 2. The molecule has 0 unspecified atom stereocenters. The molecule has 4 N–H and O–H groups in total. The van der Waals surface area contributed by atoms with Gasteiger partial charge in [-0.1, -0.05) is 35.3 Å². The summed E-state index contributed by atoms with van der Waals surface area (Å²) in [5.74, 6) is -1.74. The molecular formula is C22H22Cl2N6O4. The first-order chi connectivity index (χ1) is 16.1. The monoisotopic (exact) mass is 504 g/mol. The molecule has 0 saturated carbocycles. The fourth-order valence-corrected chi connectivity index (χ4v) is 2.98. The number of amides is 2. The molecular weight excluding hydrogens is 483 g/mol. The number of carbonyl (C=O) groups is 2. The Bertz CT molecular complexity index is 1130. The molecule has 2 aromatic rings. The van der Waals surface area contributed by atoms with Crippen LogP contribution < -0.4 is 10.6 Å². The smallest absolute Gasteiger partial charge is 0.275 e.